The molecule has 0 atom stereocenters. The lowest BCUT2D eigenvalue weighted by molar-refractivity contribution is 0.0877. The number of hydrogen-bond donors (Lipinski definition) is 2. The van der Waals surface area contributed by atoms with Crippen LogP contribution in [0.15, 0.2) is 30.3 Å². The number of nitrogens with zero attached hydrogens (tertiary/aromatic N) is 1. The zero-order chi connectivity index (χ0) is 21.3. The van der Waals surface area contributed by atoms with Crippen LogP contribution in [0.3, 0.4) is 0 Å². The number of nitrogens with one attached hydrogen (secondary N) is 1. The van der Waals surface area contributed by atoms with Crippen molar-refractivity contribution < 1.29 is 23.5 Å². The highest BCUT2D eigenvalue weighted by Crippen LogP contribution is 2.43. The van der Waals surface area contributed by atoms with Gasteiger partial charge in [-0.25, -0.2) is 18.6 Å². The Bertz CT molecular complexity index is 947. The van der Waals surface area contributed by atoms with Gasteiger partial charge in [0.05, 0.1) is 12.2 Å². The molecule has 1 amide bonds. The van der Waals surface area contributed by atoms with E-state index in [0.717, 1.165) is 24.5 Å². The Hall–Kier alpha value is -2.83. The second-order valence-corrected chi connectivity index (χ2v) is 8.29. The summed E-state index contributed by atoms with van der Waals surface area (Å²) < 4.78 is 27.1. The monoisotopic (exact) mass is 414 g/mol. The second-order valence-electron chi connectivity index (χ2n) is 8.29. The van der Waals surface area contributed by atoms with Crippen LogP contribution < -0.4 is 5.32 Å². The summed E-state index contributed by atoms with van der Waals surface area (Å²) in [6, 6.07) is 7.30. The van der Waals surface area contributed by atoms with E-state index in [9.17, 15) is 18.4 Å². The molecule has 4 rings (SSSR count). The zero-order valence-corrected chi connectivity index (χ0v) is 16.5. The van der Waals surface area contributed by atoms with Crippen LogP contribution in [-0.4, -0.2) is 22.0 Å². The van der Waals surface area contributed by atoms with E-state index in [1.54, 1.807) is 6.07 Å². The number of carbonyl (C=O) groups is 2. The average Bonchev–Trinajstić information content (AvgIpc) is 3.56. The predicted molar refractivity (Wildman–Crippen MR) is 106 cm³/mol. The van der Waals surface area contributed by atoms with Crippen molar-refractivity contribution in [2.24, 2.45) is 5.92 Å². The molecule has 30 heavy (non-hydrogen) atoms. The van der Waals surface area contributed by atoms with Crippen molar-refractivity contribution in [3.05, 3.63) is 64.5 Å². The van der Waals surface area contributed by atoms with Crippen LogP contribution in [0.25, 0.3) is 0 Å². The van der Waals surface area contributed by atoms with Gasteiger partial charge in [-0.3, -0.25) is 4.79 Å². The molecule has 7 heteroatoms. The fourth-order valence-electron chi connectivity index (χ4n) is 4.39. The summed E-state index contributed by atoms with van der Waals surface area (Å²) in [7, 11) is 0. The number of carbonyl (C=O) groups excluding carboxylic acids is 1. The molecule has 0 aliphatic heterocycles. The lowest BCUT2D eigenvalue weighted by Gasteiger charge is -2.28. The largest absolute Gasteiger partial charge is 0.465 e. The maximum Gasteiger partial charge on any atom is 0.404 e. The normalized spacial score (nSPS) is 21.3. The Balaban J connectivity index is 1.48. The fourth-order valence-corrected chi connectivity index (χ4v) is 4.39. The molecule has 1 heterocycles. The summed E-state index contributed by atoms with van der Waals surface area (Å²) >= 11 is 0. The Morgan fingerprint density at radius 3 is 2.20 bits per heavy atom. The number of hydrogen-bond acceptors (Lipinski definition) is 3. The van der Waals surface area contributed by atoms with Crippen molar-refractivity contribution in [3.8, 4) is 0 Å². The number of aromatic nitrogens is 1. The van der Waals surface area contributed by atoms with Gasteiger partial charge < -0.3 is 10.4 Å². The Morgan fingerprint density at radius 2 is 1.60 bits per heavy atom. The highest BCUT2D eigenvalue weighted by Gasteiger charge is 2.34. The van der Waals surface area contributed by atoms with Crippen LogP contribution in [-0.2, 0) is 6.54 Å². The summed E-state index contributed by atoms with van der Waals surface area (Å²) in [5.74, 6) is -0.933. The highest BCUT2D eigenvalue weighted by molar-refractivity contribution is 5.97. The molecule has 0 spiro atoms. The number of ketones is 1. The molecule has 2 fully saturated rings. The molecule has 0 bridgehead atoms. The summed E-state index contributed by atoms with van der Waals surface area (Å²) in [6.07, 6.45) is 3.61. The van der Waals surface area contributed by atoms with Crippen LogP contribution >= 0.6 is 0 Å². The van der Waals surface area contributed by atoms with E-state index in [4.69, 9.17) is 5.11 Å². The number of pyridine rings is 1. The summed E-state index contributed by atoms with van der Waals surface area (Å²) in [4.78, 5) is 28.5. The van der Waals surface area contributed by atoms with Gasteiger partial charge in [-0.05, 0) is 79.7 Å². The molecular weight excluding hydrogens is 390 g/mol. The lowest BCUT2D eigenvalue weighted by atomic mass is 9.76. The van der Waals surface area contributed by atoms with E-state index in [2.05, 4.69) is 10.3 Å². The van der Waals surface area contributed by atoms with Gasteiger partial charge in [0.2, 0.25) is 0 Å². The standard InChI is InChI=1S/C23H24F2N2O3/c24-17-9-16(10-18(25)11-17)13-1-5-15(6-2-13)22(28)21-20(14-3-4-14)8-7-19(27-21)12-26-23(29)30/h7-11,13-15,26H,1-6,12H2,(H,29,30). The van der Waals surface area contributed by atoms with Gasteiger partial charge in [-0.15, -0.1) is 0 Å². The third-order valence-electron chi connectivity index (χ3n) is 6.11. The maximum absolute atomic E-state index is 13.5. The molecule has 158 valence electrons. The molecule has 2 aliphatic rings. The number of benzene rings is 1. The minimum Gasteiger partial charge on any atom is -0.465 e. The molecule has 2 N–H and O–H groups in total. The van der Waals surface area contributed by atoms with Crippen molar-refractivity contribution in [3.63, 3.8) is 0 Å². The molecule has 2 aromatic rings. The minimum absolute atomic E-state index is 0.00190. The Morgan fingerprint density at radius 1 is 0.967 bits per heavy atom. The minimum atomic E-state index is -1.14. The molecule has 1 aromatic heterocycles. The summed E-state index contributed by atoms with van der Waals surface area (Å²) in [5.41, 5.74) is 2.59. The quantitative estimate of drug-likeness (QED) is 0.640. The molecule has 2 saturated carbocycles. The molecule has 0 unspecified atom stereocenters. The average molecular weight is 414 g/mol. The maximum atomic E-state index is 13.5. The van der Waals surface area contributed by atoms with Crippen molar-refractivity contribution in [1.29, 1.82) is 0 Å². The van der Waals surface area contributed by atoms with Gasteiger partial charge >= 0.3 is 6.09 Å². The molecule has 1 aromatic carbocycles. The first-order chi connectivity index (χ1) is 14.4. The fraction of sp³-hybridized carbons (Fsp3) is 0.435. The predicted octanol–water partition coefficient (Wildman–Crippen LogP) is 5.16. The van der Waals surface area contributed by atoms with Gasteiger partial charge in [-0.1, -0.05) is 6.07 Å². The summed E-state index contributed by atoms with van der Waals surface area (Å²) in [6.45, 7) is 0.0540. The third-order valence-corrected chi connectivity index (χ3v) is 6.11. The van der Waals surface area contributed by atoms with Gasteiger partial charge in [0, 0.05) is 12.0 Å². The number of Topliss-reactive ketones (excluding diaryl/α,β-unsaturated/α-hetero) is 1. The van der Waals surface area contributed by atoms with Gasteiger partial charge in [0.15, 0.2) is 5.78 Å². The van der Waals surface area contributed by atoms with Gasteiger partial charge in [-0.2, -0.15) is 0 Å². The first kappa shape index (κ1) is 20.4. The van der Waals surface area contributed by atoms with Crippen LogP contribution in [0.5, 0.6) is 0 Å². The van der Waals surface area contributed by atoms with E-state index in [-0.39, 0.29) is 24.2 Å². The van der Waals surface area contributed by atoms with Gasteiger partial charge in [0.1, 0.15) is 17.3 Å². The van der Waals surface area contributed by atoms with E-state index in [1.807, 2.05) is 6.07 Å². The number of halogens is 2. The zero-order valence-electron chi connectivity index (χ0n) is 16.5. The van der Waals surface area contributed by atoms with Gasteiger partial charge in [0.25, 0.3) is 0 Å². The Labute approximate surface area is 173 Å². The van der Waals surface area contributed by atoms with Crippen molar-refractivity contribution in [2.75, 3.05) is 0 Å². The van der Waals surface area contributed by atoms with Crippen molar-refractivity contribution >= 4 is 11.9 Å². The van der Waals surface area contributed by atoms with E-state index < -0.39 is 17.7 Å². The van der Waals surface area contributed by atoms with Crippen LogP contribution in [0.4, 0.5) is 13.6 Å². The lowest BCUT2D eigenvalue weighted by Crippen LogP contribution is -2.25. The highest BCUT2D eigenvalue weighted by atomic mass is 19.1. The molecule has 5 nitrogen and oxygen atoms in total. The smallest absolute Gasteiger partial charge is 0.404 e. The van der Waals surface area contributed by atoms with Crippen molar-refractivity contribution in [2.45, 2.75) is 56.9 Å². The number of rotatable bonds is 6. The first-order valence-corrected chi connectivity index (χ1v) is 10.4. The van der Waals surface area contributed by atoms with E-state index in [0.29, 0.717) is 48.6 Å². The topological polar surface area (TPSA) is 79.3 Å². The molecule has 0 saturated heterocycles. The first-order valence-electron chi connectivity index (χ1n) is 10.4. The van der Waals surface area contributed by atoms with E-state index in [1.165, 1.54) is 12.1 Å². The third kappa shape index (κ3) is 4.66. The van der Waals surface area contributed by atoms with E-state index >= 15 is 0 Å². The molecule has 2 aliphatic carbocycles. The van der Waals surface area contributed by atoms with Crippen LogP contribution in [0.2, 0.25) is 0 Å². The van der Waals surface area contributed by atoms with Crippen LogP contribution in [0, 0.1) is 17.6 Å². The number of carboxylic acid groups (broad SMARTS) is 1. The Kier molecular flexibility index (Phi) is 5.79. The van der Waals surface area contributed by atoms with Crippen LogP contribution in [0.1, 0.15) is 77.7 Å². The van der Waals surface area contributed by atoms with Crippen molar-refractivity contribution in [1.82, 2.24) is 10.3 Å². The second kappa shape index (κ2) is 8.50. The number of amides is 1. The summed E-state index contributed by atoms with van der Waals surface area (Å²) in [5, 5.41) is 11.1. The molecular formula is C23H24F2N2O3. The molecule has 0 radical (unpaired) electrons. The SMILES string of the molecule is O=C(O)NCc1ccc(C2CC2)c(C(=O)C2CCC(c3cc(F)cc(F)c3)CC2)n1.